The predicted octanol–water partition coefficient (Wildman–Crippen LogP) is 1.22. The number of pyridine rings is 1. The first kappa shape index (κ1) is 14.9. The van der Waals surface area contributed by atoms with Gasteiger partial charge in [-0.05, 0) is 19.1 Å². The summed E-state index contributed by atoms with van der Waals surface area (Å²) in [5.41, 5.74) is 1.51. The first-order chi connectivity index (χ1) is 9.43. The Hall–Kier alpha value is -1.51. The number of ether oxygens (including phenoxy) is 1. The Balaban J connectivity index is 2.53. The van der Waals surface area contributed by atoms with Gasteiger partial charge in [-0.1, -0.05) is 0 Å². The van der Waals surface area contributed by atoms with Gasteiger partial charge < -0.3 is 4.74 Å². The van der Waals surface area contributed by atoms with Crippen LogP contribution in [-0.4, -0.2) is 41.9 Å². The maximum atomic E-state index is 11.5. The van der Waals surface area contributed by atoms with E-state index in [0.29, 0.717) is 18.0 Å². The van der Waals surface area contributed by atoms with Gasteiger partial charge in [-0.2, -0.15) is 0 Å². The second-order valence-electron chi connectivity index (χ2n) is 4.08. The number of aryl methyl sites for hydroxylation is 1. The zero-order valence-electron chi connectivity index (χ0n) is 10.9. The molecule has 7 nitrogen and oxygen atoms in total. The number of aromatic nitrogens is 4. The van der Waals surface area contributed by atoms with Crippen LogP contribution in [-0.2, 0) is 20.3 Å². The molecule has 0 aliphatic rings. The minimum Gasteiger partial charge on any atom is -0.383 e. The highest BCUT2D eigenvalue weighted by Crippen LogP contribution is 2.22. The summed E-state index contributed by atoms with van der Waals surface area (Å²) in [6, 6.07) is 3.60. The Labute approximate surface area is 121 Å². The maximum absolute atomic E-state index is 11.5. The highest BCUT2D eigenvalue weighted by molar-refractivity contribution is 8.13. The normalized spacial score (nSPS) is 11.8. The number of halogens is 1. The van der Waals surface area contributed by atoms with Gasteiger partial charge >= 0.3 is 0 Å². The lowest BCUT2D eigenvalue weighted by Crippen LogP contribution is -2.11. The topological polar surface area (TPSA) is 87.0 Å². The van der Waals surface area contributed by atoms with Crippen molar-refractivity contribution in [3.63, 3.8) is 0 Å². The van der Waals surface area contributed by atoms with Gasteiger partial charge in [0.25, 0.3) is 14.2 Å². The molecule has 2 rings (SSSR count). The molecular weight excluding hydrogens is 304 g/mol. The SMILES string of the molecule is COCCn1c(-c2ccc(C)nc2)nnc1S(=O)(=O)Cl. The van der Waals surface area contributed by atoms with E-state index in [1.54, 1.807) is 18.3 Å². The Kier molecular flexibility index (Phi) is 4.36. The van der Waals surface area contributed by atoms with Gasteiger partial charge in [0, 0.05) is 35.2 Å². The molecule has 20 heavy (non-hydrogen) atoms. The summed E-state index contributed by atoms with van der Waals surface area (Å²) in [6.07, 6.45) is 1.60. The van der Waals surface area contributed by atoms with E-state index >= 15 is 0 Å². The molecule has 0 spiro atoms. The summed E-state index contributed by atoms with van der Waals surface area (Å²) in [6.45, 7) is 2.44. The van der Waals surface area contributed by atoms with Crippen molar-refractivity contribution in [2.24, 2.45) is 0 Å². The highest BCUT2D eigenvalue weighted by atomic mass is 35.7. The van der Waals surface area contributed by atoms with Gasteiger partial charge in [0.1, 0.15) is 0 Å². The largest absolute Gasteiger partial charge is 0.383 e. The molecule has 0 bridgehead atoms. The van der Waals surface area contributed by atoms with Crippen molar-refractivity contribution in [1.82, 2.24) is 19.7 Å². The van der Waals surface area contributed by atoms with Gasteiger partial charge in [0.2, 0.25) is 0 Å². The lowest BCUT2D eigenvalue weighted by atomic mass is 10.2. The molecule has 0 aromatic carbocycles. The molecule has 0 fully saturated rings. The van der Waals surface area contributed by atoms with Crippen molar-refractivity contribution in [3.05, 3.63) is 24.0 Å². The summed E-state index contributed by atoms with van der Waals surface area (Å²) in [4.78, 5) is 4.15. The zero-order valence-corrected chi connectivity index (χ0v) is 12.5. The summed E-state index contributed by atoms with van der Waals surface area (Å²) >= 11 is 0. The van der Waals surface area contributed by atoms with Crippen LogP contribution >= 0.6 is 10.7 Å². The Morgan fingerprint density at radius 1 is 1.35 bits per heavy atom. The van der Waals surface area contributed by atoms with Crippen LogP contribution in [0.5, 0.6) is 0 Å². The van der Waals surface area contributed by atoms with Crippen LogP contribution in [0, 0.1) is 6.92 Å². The van der Waals surface area contributed by atoms with Crippen LogP contribution < -0.4 is 0 Å². The van der Waals surface area contributed by atoms with Gasteiger partial charge in [-0.25, -0.2) is 8.42 Å². The summed E-state index contributed by atoms with van der Waals surface area (Å²) in [5.74, 6) is 0.383. The lowest BCUT2D eigenvalue weighted by molar-refractivity contribution is 0.185. The molecule has 0 saturated carbocycles. The standard InChI is InChI=1S/C11H13ClN4O3S/c1-8-3-4-9(7-13-8)10-14-15-11(20(12,17)18)16(10)5-6-19-2/h3-4,7H,5-6H2,1-2H3. The Morgan fingerprint density at radius 3 is 2.65 bits per heavy atom. The highest BCUT2D eigenvalue weighted by Gasteiger charge is 2.23. The fraction of sp³-hybridized carbons (Fsp3) is 0.364. The summed E-state index contributed by atoms with van der Waals surface area (Å²) in [5, 5.41) is 7.24. The zero-order chi connectivity index (χ0) is 14.8. The fourth-order valence-electron chi connectivity index (χ4n) is 1.67. The summed E-state index contributed by atoms with van der Waals surface area (Å²) in [7, 11) is 2.91. The van der Waals surface area contributed by atoms with Crippen molar-refractivity contribution in [3.8, 4) is 11.4 Å². The van der Waals surface area contributed by atoms with Gasteiger partial charge in [0.05, 0.1) is 13.2 Å². The Bertz CT molecular complexity index is 697. The minimum atomic E-state index is -3.97. The molecule has 0 aliphatic carbocycles. The molecule has 2 aromatic heterocycles. The molecule has 0 radical (unpaired) electrons. The molecule has 0 atom stereocenters. The number of nitrogens with zero attached hydrogens (tertiary/aromatic N) is 4. The van der Waals surface area contributed by atoms with Crippen molar-refractivity contribution >= 4 is 19.7 Å². The third kappa shape index (κ3) is 3.14. The van der Waals surface area contributed by atoms with E-state index in [4.69, 9.17) is 15.4 Å². The second-order valence-corrected chi connectivity index (χ2v) is 6.54. The number of hydrogen-bond acceptors (Lipinski definition) is 6. The smallest absolute Gasteiger partial charge is 0.296 e. The number of rotatable bonds is 5. The van der Waals surface area contributed by atoms with Crippen LogP contribution in [0.2, 0.25) is 0 Å². The van der Waals surface area contributed by atoms with Gasteiger partial charge in [-0.15, -0.1) is 10.2 Å². The van der Waals surface area contributed by atoms with E-state index in [-0.39, 0.29) is 11.7 Å². The second kappa shape index (κ2) is 5.86. The first-order valence-corrected chi connectivity index (χ1v) is 8.04. The van der Waals surface area contributed by atoms with Gasteiger partial charge in [0.15, 0.2) is 5.82 Å². The van der Waals surface area contributed by atoms with Gasteiger partial charge in [-0.3, -0.25) is 9.55 Å². The third-order valence-electron chi connectivity index (χ3n) is 2.62. The maximum Gasteiger partial charge on any atom is 0.296 e. The molecule has 0 N–H and O–H groups in total. The fourth-order valence-corrected chi connectivity index (χ4v) is 2.59. The molecule has 0 amide bonds. The number of hydrogen-bond donors (Lipinski definition) is 0. The lowest BCUT2D eigenvalue weighted by Gasteiger charge is -2.08. The molecule has 2 heterocycles. The number of methoxy groups -OCH3 is 1. The molecule has 0 saturated heterocycles. The Morgan fingerprint density at radius 2 is 2.10 bits per heavy atom. The van der Waals surface area contributed by atoms with E-state index in [1.807, 2.05) is 6.92 Å². The van der Waals surface area contributed by atoms with Crippen molar-refractivity contribution in [1.29, 1.82) is 0 Å². The van der Waals surface area contributed by atoms with Crippen LogP contribution in [0.25, 0.3) is 11.4 Å². The van der Waals surface area contributed by atoms with Crippen molar-refractivity contribution < 1.29 is 13.2 Å². The quantitative estimate of drug-likeness (QED) is 0.771. The molecule has 0 unspecified atom stereocenters. The van der Waals surface area contributed by atoms with E-state index in [2.05, 4.69) is 15.2 Å². The van der Waals surface area contributed by atoms with E-state index in [1.165, 1.54) is 11.7 Å². The molecular formula is C11H13ClN4O3S. The average molecular weight is 317 g/mol. The van der Waals surface area contributed by atoms with E-state index in [0.717, 1.165) is 5.69 Å². The monoisotopic (exact) mass is 316 g/mol. The van der Waals surface area contributed by atoms with Crippen molar-refractivity contribution in [2.45, 2.75) is 18.6 Å². The van der Waals surface area contributed by atoms with Crippen molar-refractivity contribution in [2.75, 3.05) is 13.7 Å². The van der Waals surface area contributed by atoms with Crippen LogP contribution in [0.1, 0.15) is 5.69 Å². The molecule has 9 heteroatoms. The molecule has 2 aromatic rings. The summed E-state index contributed by atoms with van der Waals surface area (Å²) < 4.78 is 29.4. The molecule has 108 valence electrons. The van der Waals surface area contributed by atoms with Crippen LogP contribution in [0.4, 0.5) is 0 Å². The van der Waals surface area contributed by atoms with E-state index < -0.39 is 9.05 Å². The van der Waals surface area contributed by atoms with Crippen LogP contribution in [0.15, 0.2) is 23.5 Å². The average Bonchev–Trinajstić information content (AvgIpc) is 2.81. The molecule has 0 aliphatic heterocycles. The first-order valence-electron chi connectivity index (χ1n) is 5.73. The minimum absolute atomic E-state index is 0.272. The van der Waals surface area contributed by atoms with E-state index in [9.17, 15) is 8.42 Å². The third-order valence-corrected chi connectivity index (χ3v) is 3.78. The van der Waals surface area contributed by atoms with Crippen LogP contribution in [0.3, 0.4) is 0 Å². The predicted molar refractivity (Wildman–Crippen MR) is 72.9 cm³/mol.